The number of halogens is 1. The lowest BCUT2D eigenvalue weighted by atomic mass is 10.2. The fourth-order valence-electron chi connectivity index (χ4n) is 2.57. The van der Waals surface area contributed by atoms with Crippen molar-refractivity contribution in [3.05, 3.63) is 78.6 Å². The Morgan fingerprint density at radius 3 is 2.48 bits per heavy atom. The van der Waals surface area contributed by atoms with Gasteiger partial charge >= 0.3 is 0 Å². The van der Waals surface area contributed by atoms with Gasteiger partial charge in [0.05, 0.1) is 16.0 Å². The number of hydrogen-bond acceptors (Lipinski definition) is 4. The predicted molar refractivity (Wildman–Crippen MR) is 111 cm³/mol. The van der Waals surface area contributed by atoms with Crippen molar-refractivity contribution in [3.8, 4) is 10.6 Å². The lowest BCUT2D eigenvalue weighted by Gasteiger charge is -2.06. The Morgan fingerprint density at radius 2 is 1.74 bits per heavy atom. The Balaban J connectivity index is 1.38. The maximum Gasteiger partial charge on any atom is 0.234 e. The van der Waals surface area contributed by atoms with E-state index < -0.39 is 0 Å². The molecule has 27 heavy (non-hydrogen) atoms. The molecule has 0 aliphatic rings. The van der Waals surface area contributed by atoms with Gasteiger partial charge in [0.25, 0.3) is 0 Å². The molecule has 0 atom stereocenters. The van der Waals surface area contributed by atoms with Crippen molar-refractivity contribution < 1.29 is 9.18 Å². The summed E-state index contributed by atoms with van der Waals surface area (Å²) >= 11 is 3.02. The van der Waals surface area contributed by atoms with Crippen LogP contribution in [-0.4, -0.2) is 16.6 Å². The number of nitrogens with one attached hydrogen (secondary N) is 1. The third-order valence-corrected chi connectivity index (χ3v) is 5.99. The zero-order valence-electron chi connectivity index (χ0n) is 14.2. The van der Waals surface area contributed by atoms with Crippen LogP contribution < -0.4 is 5.32 Å². The molecule has 0 fully saturated rings. The highest BCUT2D eigenvalue weighted by Crippen LogP contribution is 2.30. The number of thiazole rings is 1. The number of carbonyl (C=O) groups excluding carboxylic acids is 1. The molecule has 1 amide bonds. The van der Waals surface area contributed by atoms with E-state index in [4.69, 9.17) is 0 Å². The molecule has 1 N–H and O–H groups in total. The number of nitrogens with zero attached hydrogens (tertiary/aromatic N) is 1. The number of benzene rings is 3. The minimum absolute atomic E-state index is 0.0999. The Bertz CT molecular complexity index is 1040. The molecule has 0 unspecified atom stereocenters. The Hall–Kier alpha value is -2.70. The highest BCUT2D eigenvalue weighted by molar-refractivity contribution is 8.00. The molecule has 0 saturated carbocycles. The summed E-state index contributed by atoms with van der Waals surface area (Å²) in [6, 6.07) is 21.8. The lowest BCUT2D eigenvalue weighted by Crippen LogP contribution is -2.13. The van der Waals surface area contributed by atoms with Crippen molar-refractivity contribution in [3.63, 3.8) is 0 Å². The van der Waals surface area contributed by atoms with E-state index in [1.165, 1.54) is 23.9 Å². The van der Waals surface area contributed by atoms with Gasteiger partial charge in [-0.25, -0.2) is 9.37 Å². The van der Waals surface area contributed by atoms with Gasteiger partial charge < -0.3 is 5.32 Å². The summed E-state index contributed by atoms with van der Waals surface area (Å²) in [5, 5.41) is 3.84. The van der Waals surface area contributed by atoms with Gasteiger partial charge in [-0.05, 0) is 60.7 Å². The molecule has 4 aromatic rings. The second-order valence-electron chi connectivity index (χ2n) is 5.85. The van der Waals surface area contributed by atoms with Crippen LogP contribution in [0.5, 0.6) is 0 Å². The summed E-state index contributed by atoms with van der Waals surface area (Å²) in [6.45, 7) is 0. The SMILES string of the molecule is O=C(CSc1ccc(F)cc1)Nc1ccc(-c2nc3ccccc3s2)cc1. The molecule has 3 nitrogen and oxygen atoms in total. The van der Waals surface area contributed by atoms with Gasteiger partial charge in [-0.3, -0.25) is 4.79 Å². The molecule has 4 rings (SSSR count). The molecule has 1 aromatic heterocycles. The van der Waals surface area contributed by atoms with Crippen LogP contribution in [0.3, 0.4) is 0 Å². The van der Waals surface area contributed by atoms with Crippen molar-refractivity contribution in [1.29, 1.82) is 0 Å². The molecule has 0 saturated heterocycles. The first-order chi connectivity index (χ1) is 13.2. The Labute approximate surface area is 164 Å². The normalized spacial score (nSPS) is 10.9. The molecule has 6 heteroatoms. The maximum absolute atomic E-state index is 12.9. The van der Waals surface area contributed by atoms with Crippen molar-refractivity contribution in [2.75, 3.05) is 11.1 Å². The number of carbonyl (C=O) groups is 1. The second-order valence-corrected chi connectivity index (χ2v) is 7.93. The van der Waals surface area contributed by atoms with Gasteiger partial charge in [-0.15, -0.1) is 23.1 Å². The summed E-state index contributed by atoms with van der Waals surface area (Å²) in [5.74, 6) is -0.111. The number of rotatable bonds is 5. The molecular weight excluding hydrogens is 379 g/mol. The van der Waals surface area contributed by atoms with Crippen LogP contribution in [0.2, 0.25) is 0 Å². The quantitative estimate of drug-likeness (QED) is 0.433. The van der Waals surface area contributed by atoms with Crippen molar-refractivity contribution >= 4 is 44.9 Å². The fraction of sp³-hybridized carbons (Fsp3) is 0.0476. The van der Waals surface area contributed by atoms with Crippen molar-refractivity contribution in [2.24, 2.45) is 0 Å². The second kappa shape index (κ2) is 7.90. The molecular formula is C21H15FN2OS2. The predicted octanol–water partition coefficient (Wildman–Crippen LogP) is 5.83. The minimum Gasteiger partial charge on any atom is -0.325 e. The molecule has 0 aliphatic carbocycles. The molecule has 0 aliphatic heterocycles. The first kappa shape index (κ1) is 17.7. The number of hydrogen-bond donors (Lipinski definition) is 1. The topological polar surface area (TPSA) is 42.0 Å². The van der Waals surface area contributed by atoms with E-state index in [2.05, 4.69) is 16.4 Å². The van der Waals surface area contributed by atoms with E-state index in [-0.39, 0.29) is 17.5 Å². The van der Waals surface area contributed by atoms with Crippen LogP contribution in [0.25, 0.3) is 20.8 Å². The standard InChI is InChI=1S/C21H15FN2OS2/c22-15-7-11-17(12-8-15)26-13-20(25)23-16-9-5-14(6-10-16)21-24-18-3-1-2-4-19(18)27-21/h1-12H,13H2,(H,23,25). The van der Waals surface area contributed by atoms with E-state index in [0.717, 1.165) is 31.4 Å². The van der Waals surface area contributed by atoms with Crippen molar-refractivity contribution in [2.45, 2.75) is 4.90 Å². The molecule has 0 radical (unpaired) electrons. The van der Waals surface area contributed by atoms with Gasteiger partial charge in [0.1, 0.15) is 10.8 Å². The van der Waals surface area contributed by atoms with Crippen LogP contribution in [0, 0.1) is 5.82 Å². The summed E-state index contributed by atoms with van der Waals surface area (Å²) in [7, 11) is 0. The van der Waals surface area contributed by atoms with Gasteiger partial charge in [-0.2, -0.15) is 0 Å². The average molecular weight is 394 g/mol. The maximum atomic E-state index is 12.9. The number of fused-ring (bicyclic) bond motifs is 1. The van der Waals surface area contributed by atoms with E-state index in [1.54, 1.807) is 23.5 Å². The van der Waals surface area contributed by atoms with Gasteiger partial charge in [0.15, 0.2) is 0 Å². The van der Waals surface area contributed by atoms with Crippen LogP contribution in [-0.2, 0) is 4.79 Å². The van der Waals surface area contributed by atoms with E-state index in [9.17, 15) is 9.18 Å². The largest absolute Gasteiger partial charge is 0.325 e. The number of para-hydroxylation sites is 1. The third kappa shape index (κ3) is 4.35. The number of thioether (sulfide) groups is 1. The zero-order chi connectivity index (χ0) is 18.6. The third-order valence-electron chi connectivity index (χ3n) is 3.89. The smallest absolute Gasteiger partial charge is 0.234 e. The van der Waals surface area contributed by atoms with E-state index in [1.807, 2.05) is 42.5 Å². The molecule has 3 aromatic carbocycles. The summed E-state index contributed by atoms with van der Waals surface area (Å²) in [6.07, 6.45) is 0. The molecule has 0 bridgehead atoms. The van der Waals surface area contributed by atoms with E-state index >= 15 is 0 Å². The molecule has 1 heterocycles. The van der Waals surface area contributed by atoms with Crippen LogP contribution in [0.1, 0.15) is 0 Å². The van der Waals surface area contributed by atoms with Gasteiger partial charge in [-0.1, -0.05) is 12.1 Å². The number of anilines is 1. The van der Waals surface area contributed by atoms with Crippen LogP contribution in [0.15, 0.2) is 77.7 Å². The highest BCUT2D eigenvalue weighted by atomic mass is 32.2. The number of amides is 1. The zero-order valence-corrected chi connectivity index (χ0v) is 15.8. The van der Waals surface area contributed by atoms with Crippen LogP contribution >= 0.6 is 23.1 Å². The average Bonchev–Trinajstić information content (AvgIpc) is 3.12. The monoisotopic (exact) mass is 394 g/mol. The molecule has 134 valence electrons. The number of aromatic nitrogens is 1. The summed E-state index contributed by atoms with van der Waals surface area (Å²) in [4.78, 5) is 17.6. The van der Waals surface area contributed by atoms with Gasteiger partial charge in [0, 0.05) is 16.1 Å². The van der Waals surface area contributed by atoms with Gasteiger partial charge in [0.2, 0.25) is 5.91 Å². The van der Waals surface area contributed by atoms with Crippen molar-refractivity contribution in [1.82, 2.24) is 4.98 Å². The Morgan fingerprint density at radius 1 is 1.00 bits per heavy atom. The minimum atomic E-state index is -0.281. The first-order valence-electron chi connectivity index (χ1n) is 8.32. The first-order valence-corrected chi connectivity index (χ1v) is 10.1. The van der Waals surface area contributed by atoms with E-state index in [0.29, 0.717) is 0 Å². The van der Waals surface area contributed by atoms with Crippen LogP contribution in [0.4, 0.5) is 10.1 Å². The summed E-state index contributed by atoms with van der Waals surface area (Å²) in [5.41, 5.74) is 2.76. The Kier molecular flexibility index (Phi) is 5.18. The highest BCUT2D eigenvalue weighted by Gasteiger charge is 2.07. The molecule has 0 spiro atoms. The summed E-state index contributed by atoms with van der Waals surface area (Å²) < 4.78 is 14.1. The lowest BCUT2D eigenvalue weighted by molar-refractivity contribution is -0.113. The fourth-order valence-corrected chi connectivity index (χ4v) is 4.24.